The predicted molar refractivity (Wildman–Crippen MR) is 86.0 cm³/mol. The second kappa shape index (κ2) is 8.39. The molecule has 0 bridgehead atoms. The van der Waals surface area contributed by atoms with E-state index in [1.807, 2.05) is 37.3 Å². The van der Waals surface area contributed by atoms with Gasteiger partial charge < -0.3 is 14.8 Å². The summed E-state index contributed by atoms with van der Waals surface area (Å²) in [6, 6.07) is 12.6. The number of halogens is 1. The summed E-state index contributed by atoms with van der Waals surface area (Å²) in [6.45, 7) is 4.15. The molecular formula is C18H22FNO2. The highest BCUT2D eigenvalue weighted by Crippen LogP contribution is 2.27. The van der Waals surface area contributed by atoms with Crippen molar-refractivity contribution in [2.24, 2.45) is 0 Å². The number of hydrogen-bond donors (Lipinski definition) is 1. The van der Waals surface area contributed by atoms with Gasteiger partial charge in [0.15, 0.2) is 11.5 Å². The van der Waals surface area contributed by atoms with E-state index in [4.69, 9.17) is 9.47 Å². The zero-order valence-corrected chi connectivity index (χ0v) is 13.1. The quantitative estimate of drug-likeness (QED) is 0.756. The molecule has 2 aromatic carbocycles. The maximum Gasteiger partial charge on any atom is 0.161 e. The van der Waals surface area contributed by atoms with Gasteiger partial charge in [0.1, 0.15) is 5.82 Å². The van der Waals surface area contributed by atoms with Crippen molar-refractivity contribution in [3.8, 4) is 11.5 Å². The summed E-state index contributed by atoms with van der Waals surface area (Å²) in [5.74, 6) is 1.32. The Balaban J connectivity index is 1.82. The predicted octanol–water partition coefficient (Wildman–Crippen LogP) is 3.57. The Labute approximate surface area is 131 Å². The van der Waals surface area contributed by atoms with Crippen LogP contribution in [0.3, 0.4) is 0 Å². The van der Waals surface area contributed by atoms with Crippen LogP contribution in [-0.2, 0) is 13.0 Å². The van der Waals surface area contributed by atoms with Gasteiger partial charge in [-0.05, 0) is 55.3 Å². The lowest BCUT2D eigenvalue weighted by molar-refractivity contribution is 0.310. The first kappa shape index (κ1) is 16.3. The third kappa shape index (κ3) is 4.74. The first-order valence-electron chi connectivity index (χ1n) is 7.47. The monoisotopic (exact) mass is 303 g/mol. The van der Waals surface area contributed by atoms with Crippen LogP contribution in [0.25, 0.3) is 0 Å². The SMILES string of the molecule is CCOc1ccc(CNCCc2ccc(F)cc2)cc1OC. The van der Waals surface area contributed by atoms with E-state index in [9.17, 15) is 4.39 Å². The minimum absolute atomic E-state index is 0.196. The number of benzene rings is 2. The van der Waals surface area contributed by atoms with Gasteiger partial charge in [-0.15, -0.1) is 0 Å². The van der Waals surface area contributed by atoms with Gasteiger partial charge in [-0.3, -0.25) is 0 Å². The average molecular weight is 303 g/mol. The van der Waals surface area contributed by atoms with E-state index in [2.05, 4.69) is 5.32 Å². The molecule has 1 N–H and O–H groups in total. The average Bonchev–Trinajstić information content (AvgIpc) is 2.54. The van der Waals surface area contributed by atoms with Crippen molar-refractivity contribution in [3.63, 3.8) is 0 Å². The van der Waals surface area contributed by atoms with Gasteiger partial charge in [0.2, 0.25) is 0 Å². The summed E-state index contributed by atoms with van der Waals surface area (Å²) in [5, 5.41) is 3.38. The third-order valence-electron chi connectivity index (χ3n) is 3.36. The van der Waals surface area contributed by atoms with Crippen LogP contribution in [0.1, 0.15) is 18.1 Å². The number of rotatable bonds is 8. The Kier molecular flexibility index (Phi) is 6.22. The minimum atomic E-state index is -0.196. The molecule has 0 unspecified atom stereocenters. The van der Waals surface area contributed by atoms with Crippen molar-refractivity contribution < 1.29 is 13.9 Å². The van der Waals surface area contributed by atoms with Crippen molar-refractivity contribution in [1.82, 2.24) is 5.32 Å². The highest BCUT2D eigenvalue weighted by molar-refractivity contribution is 5.42. The fourth-order valence-electron chi connectivity index (χ4n) is 2.21. The molecule has 0 radical (unpaired) electrons. The van der Waals surface area contributed by atoms with Crippen LogP contribution < -0.4 is 14.8 Å². The molecule has 0 aliphatic heterocycles. The Bertz CT molecular complexity index is 584. The van der Waals surface area contributed by atoms with E-state index in [0.717, 1.165) is 42.1 Å². The highest BCUT2D eigenvalue weighted by Gasteiger charge is 2.05. The van der Waals surface area contributed by atoms with Crippen molar-refractivity contribution in [1.29, 1.82) is 0 Å². The van der Waals surface area contributed by atoms with Crippen LogP contribution in [0.15, 0.2) is 42.5 Å². The third-order valence-corrected chi connectivity index (χ3v) is 3.36. The summed E-state index contributed by atoms with van der Waals surface area (Å²) in [7, 11) is 1.64. The van der Waals surface area contributed by atoms with Crippen molar-refractivity contribution in [2.75, 3.05) is 20.3 Å². The summed E-state index contributed by atoms with van der Waals surface area (Å²) in [4.78, 5) is 0. The molecule has 0 aromatic heterocycles. The molecule has 0 atom stereocenters. The fourth-order valence-corrected chi connectivity index (χ4v) is 2.21. The molecule has 2 aromatic rings. The van der Waals surface area contributed by atoms with Gasteiger partial charge >= 0.3 is 0 Å². The lowest BCUT2D eigenvalue weighted by atomic mass is 10.1. The molecule has 0 heterocycles. The molecule has 2 rings (SSSR count). The van der Waals surface area contributed by atoms with E-state index in [1.54, 1.807) is 7.11 Å². The van der Waals surface area contributed by atoms with E-state index < -0.39 is 0 Å². The number of nitrogens with one attached hydrogen (secondary N) is 1. The normalized spacial score (nSPS) is 10.5. The van der Waals surface area contributed by atoms with E-state index in [0.29, 0.717) is 6.61 Å². The van der Waals surface area contributed by atoms with E-state index in [-0.39, 0.29) is 5.82 Å². The fraction of sp³-hybridized carbons (Fsp3) is 0.333. The smallest absolute Gasteiger partial charge is 0.161 e. The Morgan fingerprint density at radius 3 is 2.41 bits per heavy atom. The molecule has 0 spiro atoms. The van der Waals surface area contributed by atoms with Crippen LogP contribution in [0, 0.1) is 5.82 Å². The molecule has 0 saturated carbocycles. The Morgan fingerprint density at radius 1 is 1.00 bits per heavy atom. The minimum Gasteiger partial charge on any atom is -0.493 e. The maximum atomic E-state index is 12.8. The molecule has 3 nitrogen and oxygen atoms in total. The molecule has 0 saturated heterocycles. The van der Waals surface area contributed by atoms with Crippen LogP contribution >= 0.6 is 0 Å². The summed E-state index contributed by atoms with van der Waals surface area (Å²) < 4.78 is 23.7. The van der Waals surface area contributed by atoms with Gasteiger partial charge in [-0.2, -0.15) is 0 Å². The van der Waals surface area contributed by atoms with Gasteiger partial charge in [-0.1, -0.05) is 18.2 Å². The van der Waals surface area contributed by atoms with Crippen LogP contribution in [0.4, 0.5) is 4.39 Å². The Morgan fingerprint density at radius 2 is 1.73 bits per heavy atom. The maximum absolute atomic E-state index is 12.8. The lowest BCUT2D eigenvalue weighted by Crippen LogP contribution is -2.16. The van der Waals surface area contributed by atoms with E-state index >= 15 is 0 Å². The van der Waals surface area contributed by atoms with E-state index in [1.165, 1.54) is 12.1 Å². The first-order chi connectivity index (χ1) is 10.7. The second-order valence-electron chi connectivity index (χ2n) is 4.97. The van der Waals surface area contributed by atoms with Crippen molar-refractivity contribution >= 4 is 0 Å². The zero-order valence-electron chi connectivity index (χ0n) is 13.1. The van der Waals surface area contributed by atoms with Gasteiger partial charge in [0, 0.05) is 6.54 Å². The molecular weight excluding hydrogens is 281 g/mol. The van der Waals surface area contributed by atoms with Crippen molar-refractivity contribution in [2.45, 2.75) is 19.9 Å². The highest BCUT2D eigenvalue weighted by atomic mass is 19.1. The molecule has 0 amide bonds. The summed E-state index contributed by atoms with van der Waals surface area (Å²) >= 11 is 0. The lowest BCUT2D eigenvalue weighted by Gasteiger charge is -2.11. The van der Waals surface area contributed by atoms with Crippen LogP contribution in [-0.4, -0.2) is 20.3 Å². The van der Waals surface area contributed by atoms with Gasteiger partial charge in [0.05, 0.1) is 13.7 Å². The first-order valence-corrected chi connectivity index (χ1v) is 7.47. The summed E-state index contributed by atoms with van der Waals surface area (Å²) in [5.41, 5.74) is 2.26. The largest absolute Gasteiger partial charge is 0.493 e. The van der Waals surface area contributed by atoms with Crippen LogP contribution in [0.2, 0.25) is 0 Å². The number of hydrogen-bond acceptors (Lipinski definition) is 3. The van der Waals surface area contributed by atoms with Gasteiger partial charge in [-0.25, -0.2) is 4.39 Å². The standard InChI is InChI=1S/C18H22FNO2/c1-3-22-17-9-6-15(12-18(17)21-2)13-20-11-10-14-4-7-16(19)8-5-14/h4-9,12,20H,3,10-11,13H2,1-2H3. The topological polar surface area (TPSA) is 30.5 Å². The molecule has 0 fully saturated rings. The molecule has 118 valence electrons. The second-order valence-corrected chi connectivity index (χ2v) is 4.97. The molecule has 22 heavy (non-hydrogen) atoms. The van der Waals surface area contributed by atoms with Crippen LogP contribution in [0.5, 0.6) is 11.5 Å². The molecule has 0 aliphatic carbocycles. The number of ether oxygens (including phenoxy) is 2. The van der Waals surface area contributed by atoms with Gasteiger partial charge in [0.25, 0.3) is 0 Å². The summed E-state index contributed by atoms with van der Waals surface area (Å²) in [6.07, 6.45) is 0.869. The molecule has 4 heteroatoms. The van der Waals surface area contributed by atoms with Crippen molar-refractivity contribution in [3.05, 3.63) is 59.4 Å². The Hall–Kier alpha value is -2.07. The molecule has 0 aliphatic rings. The number of methoxy groups -OCH3 is 1. The zero-order chi connectivity index (χ0) is 15.8.